The summed E-state index contributed by atoms with van der Waals surface area (Å²) in [7, 11) is 0. The van der Waals surface area contributed by atoms with Gasteiger partial charge in [-0.2, -0.15) is 0 Å². The third-order valence-corrected chi connectivity index (χ3v) is 4.09. The van der Waals surface area contributed by atoms with Crippen LogP contribution in [0.3, 0.4) is 0 Å². The number of hydrogen-bond acceptors (Lipinski definition) is 5. The molecule has 6 nitrogen and oxygen atoms in total. The molecule has 0 bridgehead atoms. The Kier molecular flexibility index (Phi) is 5.10. The molecule has 0 radical (unpaired) electrons. The molecule has 0 aliphatic carbocycles. The van der Waals surface area contributed by atoms with E-state index in [0.29, 0.717) is 24.2 Å². The molecule has 0 saturated carbocycles. The Balaban J connectivity index is 2.09. The third-order valence-electron chi connectivity index (χ3n) is 3.58. The van der Waals surface area contributed by atoms with Gasteiger partial charge >= 0.3 is 6.09 Å². The lowest BCUT2D eigenvalue weighted by Crippen LogP contribution is -2.38. The van der Waals surface area contributed by atoms with E-state index in [1.807, 2.05) is 0 Å². The fraction of sp³-hybridized carbons (Fsp3) is 0.562. The molecule has 1 amide bonds. The third kappa shape index (κ3) is 4.29. The van der Waals surface area contributed by atoms with Crippen LogP contribution in [0.4, 0.5) is 4.79 Å². The Morgan fingerprint density at radius 3 is 2.65 bits per heavy atom. The van der Waals surface area contributed by atoms with E-state index in [9.17, 15) is 14.7 Å². The number of Topliss-reactive ketones (excluding diaryl/α,β-unsaturated/α-hetero) is 1. The van der Waals surface area contributed by atoms with Gasteiger partial charge < -0.3 is 14.7 Å². The minimum atomic E-state index is -1.22. The van der Waals surface area contributed by atoms with Crippen LogP contribution in [0.5, 0.6) is 0 Å². The van der Waals surface area contributed by atoms with Crippen molar-refractivity contribution in [2.45, 2.75) is 38.4 Å². The van der Waals surface area contributed by atoms with Crippen LogP contribution in [-0.4, -0.2) is 50.9 Å². The number of ether oxygens (including phenoxy) is 1. The van der Waals surface area contributed by atoms with Gasteiger partial charge in [-0.1, -0.05) is 15.9 Å². The standard InChI is InChI=1S/C16H21BrN2O4/c1-15(2,3)23-14(21)19-7-6-16(22,10-19)13-5-4-11(9-18-13)12(20)8-17/h4-5,9,22H,6-8,10H2,1-3H3. The Bertz CT molecular complexity index is 597. The number of halogens is 1. The van der Waals surface area contributed by atoms with Crippen LogP contribution in [0.1, 0.15) is 43.2 Å². The van der Waals surface area contributed by atoms with Gasteiger partial charge in [0.05, 0.1) is 17.6 Å². The number of amides is 1. The molecule has 1 fully saturated rings. The summed E-state index contributed by atoms with van der Waals surface area (Å²) >= 11 is 3.11. The number of aliphatic hydroxyl groups is 1. The largest absolute Gasteiger partial charge is 0.444 e. The van der Waals surface area contributed by atoms with Crippen molar-refractivity contribution in [1.82, 2.24) is 9.88 Å². The average molecular weight is 385 g/mol. The van der Waals surface area contributed by atoms with Crippen molar-refractivity contribution >= 4 is 27.8 Å². The van der Waals surface area contributed by atoms with Gasteiger partial charge in [0, 0.05) is 24.7 Å². The quantitative estimate of drug-likeness (QED) is 0.639. The summed E-state index contributed by atoms with van der Waals surface area (Å²) < 4.78 is 5.32. The van der Waals surface area contributed by atoms with Gasteiger partial charge in [-0.25, -0.2) is 4.79 Å². The van der Waals surface area contributed by atoms with Crippen molar-refractivity contribution in [3.8, 4) is 0 Å². The van der Waals surface area contributed by atoms with Crippen molar-refractivity contribution in [2.75, 3.05) is 18.4 Å². The first-order chi connectivity index (χ1) is 10.6. The molecule has 1 unspecified atom stereocenters. The zero-order valence-corrected chi connectivity index (χ0v) is 15.1. The van der Waals surface area contributed by atoms with E-state index >= 15 is 0 Å². The van der Waals surface area contributed by atoms with Crippen LogP contribution in [0, 0.1) is 0 Å². The zero-order chi connectivity index (χ0) is 17.3. The fourth-order valence-corrected chi connectivity index (χ4v) is 2.72. The highest BCUT2D eigenvalue weighted by Gasteiger charge is 2.42. The number of pyridine rings is 1. The molecule has 23 heavy (non-hydrogen) atoms. The number of nitrogens with zero attached hydrogens (tertiary/aromatic N) is 2. The molecule has 0 aromatic carbocycles. The number of β-amino-alcohol motifs (C(OH)–C–C–N with tert-alkyl or cyclic N) is 1. The number of likely N-dealkylation sites (tertiary alicyclic amines) is 1. The molecule has 0 spiro atoms. The number of alkyl halides is 1. The van der Waals surface area contributed by atoms with Gasteiger partial charge in [0.1, 0.15) is 11.2 Å². The monoisotopic (exact) mass is 384 g/mol. The van der Waals surface area contributed by atoms with Crippen molar-refractivity contribution in [1.29, 1.82) is 0 Å². The highest BCUT2D eigenvalue weighted by Crippen LogP contribution is 2.31. The predicted octanol–water partition coefficient (Wildman–Crippen LogP) is 2.49. The second-order valence-electron chi connectivity index (χ2n) is 6.67. The SMILES string of the molecule is CC(C)(C)OC(=O)N1CCC(O)(c2ccc(C(=O)CBr)cn2)C1. The average Bonchev–Trinajstić information content (AvgIpc) is 2.89. The second-order valence-corrected chi connectivity index (χ2v) is 7.23. The van der Waals surface area contributed by atoms with Crippen LogP contribution in [0.2, 0.25) is 0 Å². The molecule has 2 rings (SSSR count). The number of carbonyl (C=O) groups is 2. The first-order valence-corrected chi connectivity index (χ1v) is 8.53. The minimum Gasteiger partial charge on any atom is -0.444 e. The molecule has 2 heterocycles. The molecule has 1 aromatic rings. The summed E-state index contributed by atoms with van der Waals surface area (Å²) in [5.74, 6) is -0.0714. The lowest BCUT2D eigenvalue weighted by atomic mass is 9.97. The maximum absolute atomic E-state index is 12.1. The Hall–Kier alpha value is -1.47. The molecule has 126 valence electrons. The normalized spacial score (nSPS) is 21.3. The molecule has 1 N–H and O–H groups in total. The number of aromatic nitrogens is 1. The zero-order valence-electron chi connectivity index (χ0n) is 13.5. The maximum atomic E-state index is 12.1. The van der Waals surface area contributed by atoms with E-state index in [4.69, 9.17) is 4.74 Å². The molecule has 1 aliphatic heterocycles. The maximum Gasteiger partial charge on any atom is 0.410 e. The summed E-state index contributed by atoms with van der Waals surface area (Å²) in [6.07, 6.45) is 1.39. The van der Waals surface area contributed by atoms with Gasteiger partial charge in [0.25, 0.3) is 0 Å². The van der Waals surface area contributed by atoms with Crippen molar-refractivity contribution in [2.24, 2.45) is 0 Å². The second kappa shape index (κ2) is 6.57. The number of ketones is 1. The van der Waals surface area contributed by atoms with Gasteiger partial charge in [0.15, 0.2) is 5.78 Å². The van der Waals surface area contributed by atoms with E-state index < -0.39 is 17.3 Å². The van der Waals surface area contributed by atoms with Gasteiger partial charge in [-0.3, -0.25) is 9.78 Å². The first kappa shape index (κ1) is 17.9. The fourth-order valence-electron chi connectivity index (χ4n) is 2.40. The molecule has 7 heteroatoms. The molecule has 1 aromatic heterocycles. The molecule has 1 atom stereocenters. The van der Waals surface area contributed by atoms with Crippen LogP contribution in [0.15, 0.2) is 18.3 Å². The lowest BCUT2D eigenvalue weighted by molar-refractivity contribution is 0.0126. The molecule has 1 saturated heterocycles. The van der Waals surface area contributed by atoms with E-state index in [1.54, 1.807) is 32.9 Å². The number of carbonyl (C=O) groups excluding carboxylic acids is 2. The van der Waals surface area contributed by atoms with Crippen molar-refractivity contribution in [3.63, 3.8) is 0 Å². The Morgan fingerprint density at radius 1 is 1.43 bits per heavy atom. The number of hydrogen-bond donors (Lipinski definition) is 1. The lowest BCUT2D eigenvalue weighted by Gasteiger charge is -2.26. The Morgan fingerprint density at radius 2 is 2.13 bits per heavy atom. The first-order valence-electron chi connectivity index (χ1n) is 7.41. The van der Waals surface area contributed by atoms with Gasteiger partial charge in [-0.05, 0) is 32.9 Å². The van der Waals surface area contributed by atoms with E-state index in [-0.39, 0.29) is 17.7 Å². The van der Waals surface area contributed by atoms with E-state index in [1.165, 1.54) is 11.1 Å². The molecular weight excluding hydrogens is 364 g/mol. The summed E-state index contributed by atoms with van der Waals surface area (Å²) in [6, 6.07) is 3.27. The molecular formula is C16H21BrN2O4. The van der Waals surface area contributed by atoms with Crippen LogP contribution < -0.4 is 0 Å². The van der Waals surface area contributed by atoms with Crippen molar-refractivity contribution in [3.05, 3.63) is 29.6 Å². The van der Waals surface area contributed by atoms with E-state index in [2.05, 4.69) is 20.9 Å². The Labute approximate surface area is 144 Å². The topological polar surface area (TPSA) is 79.7 Å². The van der Waals surface area contributed by atoms with Crippen LogP contribution in [-0.2, 0) is 10.3 Å². The highest BCUT2D eigenvalue weighted by atomic mass is 79.9. The smallest absolute Gasteiger partial charge is 0.410 e. The van der Waals surface area contributed by atoms with Crippen LogP contribution in [0.25, 0.3) is 0 Å². The predicted molar refractivity (Wildman–Crippen MR) is 88.7 cm³/mol. The van der Waals surface area contributed by atoms with Gasteiger partial charge in [-0.15, -0.1) is 0 Å². The number of rotatable bonds is 3. The summed E-state index contributed by atoms with van der Waals surface area (Å²) in [5.41, 5.74) is -0.855. The summed E-state index contributed by atoms with van der Waals surface area (Å²) in [6.45, 7) is 5.92. The van der Waals surface area contributed by atoms with Crippen molar-refractivity contribution < 1.29 is 19.4 Å². The van der Waals surface area contributed by atoms with E-state index in [0.717, 1.165) is 0 Å². The minimum absolute atomic E-state index is 0.0714. The summed E-state index contributed by atoms with van der Waals surface area (Å²) in [4.78, 5) is 29.3. The highest BCUT2D eigenvalue weighted by molar-refractivity contribution is 9.09. The van der Waals surface area contributed by atoms with Crippen LogP contribution >= 0.6 is 15.9 Å². The van der Waals surface area contributed by atoms with Gasteiger partial charge in [0.2, 0.25) is 0 Å². The summed E-state index contributed by atoms with van der Waals surface area (Å²) in [5, 5.41) is 11.0. The molecule has 1 aliphatic rings.